The SMILES string of the molecule is CCOC(=O)[C@H](C(=O)c1ccccc1)c1cc(Cl)c(N([O-])[O-])cc1N(O)O. The molecule has 2 rings (SSSR count). The molecule has 10 heteroatoms. The van der Waals surface area contributed by atoms with Crippen LogP contribution in [-0.2, 0) is 9.53 Å². The Hall–Kier alpha value is -2.69. The number of hydrogen-bond acceptors (Lipinski definition) is 9. The van der Waals surface area contributed by atoms with E-state index in [1.54, 1.807) is 18.2 Å². The summed E-state index contributed by atoms with van der Waals surface area (Å²) in [6, 6.07) is 9.51. The predicted octanol–water partition coefficient (Wildman–Crippen LogP) is 3.26. The van der Waals surface area contributed by atoms with Gasteiger partial charge < -0.3 is 20.4 Å². The van der Waals surface area contributed by atoms with Gasteiger partial charge in [0.1, 0.15) is 11.6 Å². The molecule has 144 valence electrons. The first-order valence-electron chi connectivity index (χ1n) is 7.69. The molecule has 2 aromatic rings. The Morgan fingerprint density at radius 1 is 1.15 bits per heavy atom. The number of esters is 1. The van der Waals surface area contributed by atoms with E-state index in [9.17, 15) is 30.4 Å². The van der Waals surface area contributed by atoms with Crippen LogP contribution in [0.25, 0.3) is 0 Å². The molecule has 0 saturated carbocycles. The fourth-order valence-electron chi connectivity index (χ4n) is 2.48. The third-order valence-electron chi connectivity index (χ3n) is 3.66. The molecule has 0 bridgehead atoms. The topological polar surface area (TPSA) is 136 Å². The van der Waals surface area contributed by atoms with Crippen LogP contribution in [0.4, 0.5) is 11.4 Å². The summed E-state index contributed by atoms with van der Waals surface area (Å²) in [5.74, 6) is -3.26. The maximum Gasteiger partial charge on any atom is 0.321 e. The van der Waals surface area contributed by atoms with Crippen molar-refractivity contribution in [3.05, 3.63) is 69.0 Å². The molecule has 0 unspecified atom stereocenters. The van der Waals surface area contributed by atoms with Gasteiger partial charge in [0.05, 0.1) is 11.6 Å². The first-order valence-corrected chi connectivity index (χ1v) is 8.07. The standard InChI is InChI=1S/C17H15ClN2O7/c1-2-27-17(22)15(16(21)10-6-4-3-5-7-10)11-8-12(18)14(20(25)26)9-13(11)19(23)24/h3-9,15,23-24H,2H2,1H3/q-2/t15-/m0/s1. The van der Waals surface area contributed by atoms with Crippen LogP contribution in [0.5, 0.6) is 0 Å². The van der Waals surface area contributed by atoms with Crippen LogP contribution in [0.15, 0.2) is 42.5 Å². The number of hydrogen-bond donors (Lipinski definition) is 2. The van der Waals surface area contributed by atoms with E-state index < -0.39 is 39.5 Å². The van der Waals surface area contributed by atoms with Crippen molar-refractivity contribution < 1.29 is 24.7 Å². The van der Waals surface area contributed by atoms with Gasteiger partial charge in [0, 0.05) is 16.8 Å². The highest BCUT2D eigenvalue weighted by atomic mass is 35.5. The minimum Gasteiger partial charge on any atom is -0.769 e. The molecule has 0 aliphatic carbocycles. The molecule has 0 saturated heterocycles. The van der Waals surface area contributed by atoms with Crippen molar-refractivity contribution in [3.8, 4) is 0 Å². The lowest BCUT2D eigenvalue weighted by atomic mass is 9.89. The molecule has 0 aromatic heterocycles. The van der Waals surface area contributed by atoms with Crippen LogP contribution in [0, 0.1) is 10.4 Å². The second-order valence-corrected chi connectivity index (χ2v) is 5.73. The molecule has 2 aromatic carbocycles. The van der Waals surface area contributed by atoms with Gasteiger partial charge in [-0.25, -0.2) is 0 Å². The Morgan fingerprint density at radius 2 is 1.78 bits per heavy atom. The van der Waals surface area contributed by atoms with Gasteiger partial charge in [-0.15, -0.1) is 5.23 Å². The van der Waals surface area contributed by atoms with Crippen molar-refractivity contribution in [2.24, 2.45) is 0 Å². The van der Waals surface area contributed by atoms with E-state index in [1.165, 1.54) is 19.1 Å². The maximum absolute atomic E-state index is 12.9. The lowest BCUT2D eigenvalue weighted by molar-refractivity contribution is -0.143. The zero-order chi connectivity index (χ0) is 20.1. The highest BCUT2D eigenvalue weighted by Gasteiger charge is 2.34. The molecule has 2 N–H and O–H groups in total. The van der Waals surface area contributed by atoms with E-state index >= 15 is 0 Å². The Bertz CT molecular complexity index is 828. The number of carbonyl (C=O) groups is 2. The molecule has 0 spiro atoms. The van der Waals surface area contributed by atoms with Gasteiger partial charge >= 0.3 is 5.97 Å². The predicted molar refractivity (Wildman–Crippen MR) is 96.9 cm³/mol. The number of anilines is 2. The van der Waals surface area contributed by atoms with Crippen LogP contribution >= 0.6 is 11.6 Å². The summed E-state index contributed by atoms with van der Waals surface area (Å²) in [6.07, 6.45) is 0. The van der Waals surface area contributed by atoms with Crippen LogP contribution in [0.1, 0.15) is 28.8 Å². The molecule has 9 nitrogen and oxygen atoms in total. The largest absolute Gasteiger partial charge is 0.769 e. The average Bonchev–Trinajstić information content (AvgIpc) is 2.62. The Morgan fingerprint density at radius 3 is 2.30 bits per heavy atom. The minimum atomic E-state index is -1.61. The smallest absolute Gasteiger partial charge is 0.321 e. The van der Waals surface area contributed by atoms with Crippen molar-refractivity contribution in [1.82, 2.24) is 0 Å². The van der Waals surface area contributed by atoms with Gasteiger partial charge in [-0.2, -0.15) is 0 Å². The number of carbonyl (C=O) groups excluding carboxylic acids is 2. The molecule has 0 radical (unpaired) electrons. The zero-order valence-electron chi connectivity index (χ0n) is 14.0. The number of ketones is 1. The second kappa shape index (κ2) is 8.80. The van der Waals surface area contributed by atoms with E-state index in [1.807, 2.05) is 0 Å². The van der Waals surface area contributed by atoms with E-state index in [2.05, 4.69) is 0 Å². The maximum atomic E-state index is 12.9. The van der Waals surface area contributed by atoms with Gasteiger partial charge in [0.15, 0.2) is 5.78 Å². The number of nitrogens with zero attached hydrogens (tertiary/aromatic N) is 2. The highest BCUT2D eigenvalue weighted by molar-refractivity contribution is 6.33. The first-order chi connectivity index (χ1) is 12.8. The molecule has 0 aliphatic heterocycles. The monoisotopic (exact) mass is 394 g/mol. The lowest BCUT2D eigenvalue weighted by Crippen LogP contribution is -2.27. The molecule has 0 heterocycles. The van der Waals surface area contributed by atoms with Gasteiger partial charge in [-0.05, 0) is 19.1 Å². The summed E-state index contributed by atoms with van der Waals surface area (Å²) in [4.78, 5) is 25.4. The lowest BCUT2D eigenvalue weighted by Gasteiger charge is -2.39. The van der Waals surface area contributed by atoms with Crippen LogP contribution < -0.4 is 10.5 Å². The quantitative estimate of drug-likeness (QED) is 0.313. The molecule has 27 heavy (non-hydrogen) atoms. The third-order valence-corrected chi connectivity index (χ3v) is 3.96. The fraction of sp³-hybridized carbons (Fsp3) is 0.176. The summed E-state index contributed by atoms with van der Waals surface area (Å²) in [5.41, 5.74) is -1.26. The highest BCUT2D eigenvalue weighted by Crippen LogP contribution is 2.38. The summed E-state index contributed by atoms with van der Waals surface area (Å²) in [5, 5.41) is 39.4. The molecular formula is C17H15ClN2O7-2. The minimum absolute atomic E-state index is 0.0323. The van der Waals surface area contributed by atoms with E-state index in [0.29, 0.717) is 0 Å². The number of ether oxygens (including phenoxy) is 1. The van der Waals surface area contributed by atoms with E-state index in [-0.39, 0.29) is 22.8 Å². The van der Waals surface area contributed by atoms with Crippen LogP contribution in [-0.4, -0.2) is 28.8 Å². The number of halogens is 1. The summed E-state index contributed by atoms with van der Waals surface area (Å²) >= 11 is 5.89. The summed E-state index contributed by atoms with van der Waals surface area (Å²) < 4.78 is 4.93. The van der Waals surface area contributed by atoms with Crippen LogP contribution in [0.2, 0.25) is 5.02 Å². The Kier molecular flexibility index (Phi) is 6.72. The van der Waals surface area contributed by atoms with Gasteiger partial charge in [0.2, 0.25) is 0 Å². The van der Waals surface area contributed by atoms with Gasteiger partial charge in [-0.3, -0.25) is 20.0 Å². The number of Topliss-reactive ketones (excluding diaryl/α,β-unsaturated/α-hetero) is 1. The average molecular weight is 395 g/mol. The zero-order valence-corrected chi connectivity index (χ0v) is 14.8. The first kappa shape index (κ1) is 20.6. The van der Waals surface area contributed by atoms with Gasteiger partial charge in [0.25, 0.3) is 0 Å². The molecule has 0 aliphatic rings. The number of rotatable bonds is 7. The van der Waals surface area contributed by atoms with Crippen LogP contribution in [0.3, 0.4) is 0 Å². The summed E-state index contributed by atoms with van der Waals surface area (Å²) in [7, 11) is 0. The second-order valence-electron chi connectivity index (χ2n) is 5.32. The van der Waals surface area contributed by atoms with Crippen molar-refractivity contribution in [3.63, 3.8) is 0 Å². The van der Waals surface area contributed by atoms with Crippen molar-refractivity contribution in [2.75, 3.05) is 17.1 Å². The van der Waals surface area contributed by atoms with Crippen molar-refractivity contribution in [1.29, 1.82) is 0 Å². The molecule has 1 atom stereocenters. The van der Waals surface area contributed by atoms with Crippen molar-refractivity contribution in [2.45, 2.75) is 12.8 Å². The molecule has 0 fully saturated rings. The fourth-order valence-corrected chi connectivity index (χ4v) is 2.72. The number of benzene rings is 2. The van der Waals surface area contributed by atoms with E-state index in [0.717, 1.165) is 12.1 Å². The van der Waals surface area contributed by atoms with E-state index in [4.69, 9.17) is 16.3 Å². The van der Waals surface area contributed by atoms with Crippen molar-refractivity contribution >= 4 is 34.7 Å². The summed E-state index contributed by atoms with van der Waals surface area (Å²) in [6.45, 7) is 1.51. The van der Waals surface area contributed by atoms with Gasteiger partial charge in [-0.1, -0.05) is 41.9 Å². The third kappa shape index (κ3) is 4.54. The Labute approximate surface area is 159 Å². The Balaban J connectivity index is 2.66. The molecule has 0 amide bonds. The normalized spacial score (nSPS) is 11.6. The molecular weight excluding hydrogens is 380 g/mol.